The van der Waals surface area contributed by atoms with Gasteiger partial charge in [0.2, 0.25) is 6.10 Å². The zero-order valence-corrected chi connectivity index (χ0v) is 14.2. The number of carbonyl (C=O) groups excluding carboxylic acids is 2. The molecule has 1 aromatic rings. The SMILES string of the molecule is CC1=NOC(C(=O)NCCC2(NC(=O)c3cncc(N)c3)CCC2)C1. The van der Waals surface area contributed by atoms with Crippen LogP contribution in [0.5, 0.6) is 0 Å². The third kappa shape index (κ3) is 4.07. The van der Waals surface area contributed by atoms with Crippen LogP contribution in [0.3, 0.4) is 0 Å². The van der Waals surface area contributed by atoms with E-state index in [1.165, 1.54) is 12.4 Å². The van der Waals surface area contributed by atoms with E-state index in [1.807, 2.05) is 6.92 Å². The molecule has 1 fully saturated rings. The van der Waals surface area contributed by atoms with Crippen molar-refractivity contribution in [1.29, 1.82) is 0 Å². The number of amides is 2. The first kappa shape index (κ1) is 17.2. The fourth-order valence-corrected chi connectivity index (χ4v) is 3.11. The lowest BCUT2D eigenvalue weighted by Gasteiger charge is -2.42. The van der Waals surface area contributed by atoms with Gasteiger partial charge in [0.15, 0.2) is 0 Å². The molecule has 0 spiro atoms. The first-order chi connectivity index (χ1) is 12.0. The number of hydrogen-bond acceptors (Lipinski definition) is 6. The van der Waals surface area contributed by atoms with E-state index in [0.717, 1.165) is 25.0 Å². The molecule has 1 aliphatic carbocycles. The van der Waals surface area contributed by atoms with Crippen LogP contribution in [0.4, 0.5) is 5.69 Å². The van der Waals surface area contributed by atoms with Crippen LogP contribution >= 0.6 is 0 Å². The second-order valence-corrected chi connectivity index (χ2v) is 6.76. The van der Waals surface area contributed by atoms with Crippen molar-refractivity contribution >= 4 is 23.2 Å². The van der Waals surface area contributed by atoms with Gasteiger partial charge in [0.05, 0.1) is 17.0 Å². The fraction of sp³-hybridized carbons (Fsp3) is 0.529. The molecule has 0 radical (unpaired) electrons. The van der Waals surface area contributed by atoms with Gasteiger partial charge in [-0.2, -0.15) is 0 Å². The molecule has 2 heterocycles. The summed E-state index contributed by atoms with van der Waals surface area (Å²) in [5.41, 5.74) is 7.12. The van der Waals surface area contributed by atoms with Gasteiger partial charge in [-0.3, -0.25) is 14.6 Å². The maximum Gasteiger partial charge on any atom is 0.264 e. The number of nitrogens with two attached hydrogens (primary N) is 1. The number of oxime groups is 1. The van der Waals surface area contributed by atoms with Gasteiger partial charge in [-0.05, 0) is 38.7 Å². The quantitative estimate of drug-likeness (QED) is 0.710. The number of rotatable bonds is 6. The Bertz CT molecular complexity index is 699. The van der Waals surface area contributed by atoms with Crippen LogP contribution in [0, 0.1) is 0 Å². The van der Waals surface area contributed by atoms with E-state index in [4.69, 9.17) is 10.6 Å². The third-order valence-electron chi connectivity index (χ3n) is 4.72. The first-order valence-corrected chi connectivity index (χ1v) is 8.47. The molecular formula is C17H23N5O3. The highest BCUT2D eigenvalue weighted by atomic mass is 16.6. The Labute approximate surface area is 146 Å². The van der Waals surface area contributed by atoms with Crippen LogP contribution in [-0.4, -0.2) is 40.7 Å². The van der Waals surface area contributed by atoms with Crippen molar-refractivity contribution in [3.05, 3.63) is 24.0 Å². The van der Waals surface area contributed by atoms with E-state index in [-0.39, 0.29) is 17.4 Å². The topological polar surface area (TPSA) is 119 Å². The molecule has 2 amide bonds. The summed E-state index contributed by atoms with van der Waals surface area (Å²) in [6.07, 6.45) is 6.51. The number of nitrogens with one attached hydrogen (secondary N) is 2. The summed E-state index contributed by atoms with van der Waals surface area (Å²) in [7, 11) is 0. The smallest absolute Gasteiger partial charge is 0.264 e. The monoisotopic (exact) mass is 345 g/mol. The molecule has 0 aromatic carbocycles. The van der Waals surface area contributed by atoms with E-state index in [2.05, 4.69) is 20.8 Å². The van der Waals surface area contributed by atoms with Crippen molar-refractivity contribution in [2.45, 2.75) is 50.7 Å². The van der Waals surface area contributed by atoms with Crippen LogP contribution in [0.15, 0.2) is 23.6 Å². The van der Waals surface area contributed by atoms with Gasteiger partial charge in [-0.25, -0.2) is 0 Å². The lowest BCUT2D eigenvalue weighted by molar-refractivity contribution is -0.131. The molecule has 8 nitrogen and oxygen atoms in total. The van der Waals surface area contributed by atoms with E-state index in [1.54, 1.807) is 6.07 Å². The van der Waals surface area contributed by atoms with Gasteiger partial charge in [-0.1, -0.05) is 5.16 Å². The normalized spacial score (nSPS) is 20.8. The summed E-state index contributed by atoms with van der Waals surface area (Å²) < 4.78 is 0. The van der Waals surface area contributed by atoms with Crippen molar-refractivity contribution in [3.63, 3.8) is 0 Å². The summed E-state index contributed by atoms with van der Waals surface area (Å²) in [5.74, 6) is -0.351. The van der Waals surface area contributed by atoms with Gasteiger partial charge in [0, 0.05) is 30.9 Å². The van der Waals surface area contributed by atoms with Crippen LogP contribution in [-0.2, 0) is 9.63 Å². The number of nitrogen functional groups attached to an aromatic ring is 1. The van der Waals surface area contributed by atoms with Gasteiger partial charge in [0.1, 0.15) is 0 Å². The minimum absolute atomic E-state index is 0.165. The Kier molecular flexibility index (Phi) is 4.87. The summed E-state index contributed by atoms with van der Waals surface area (Å²) in [5, 5.41) is 9.74. The van der Waals surface area contributed by atoms with Crippen molar-refractivity contribution in [2.75, 3.05) is 12.3 Å². The second-order valence-electron chi connectivity index (χ2n) is 6.76. The largest absolute Gasteiger partial charge is 0.397 e. The van der Waals surface area contributed by atoms with Gasteiger partial charge < -0.3 is 21.2 Å². The predicted molar refractivity (Wildman–Crippen MR) is 92.9 cm³/mol. The number of nitrogens with zero attached hydrogens (tertiary/aromatic N) is 2. The zero-order valence-electron chi connectivity index (χ0n) is 14.2. The zero-order chi connectivity index (χ0) is 17.9. The minimum atomic E-state index is -0.537. The number of aromatic nitrogens is 1. The highest BCUT2D eigenvalue weighted by Crippen LogP contribution is 2.35. The highest BCUT2D eigenvalue weighted by Gasteiger charge is 2.38. The van der Waals surface area contributed by atoms with Gasteiger partial charge in [-0.15, -0.1) is 0 Å². The molecule has 1 atom stereocenters. The molecule has 0 saturated heterocycles. The van der Waals surface area contributed by atoms with Crippen molar-refractivity contribution in [2.24, 2.45) is 5.16 Å². The summed E-state index contributed by atoms with van der Waals surface area (Å²) >= 11 is 0. The highest BCUT2D eigenvalue weighted by molar-refractivity contribution is 5.95. The maximum absolute atomic E-state index is 12.4. The van der Waals surface area contributed by atoms with Gasteiger partial charge >= 0.3 is 0 Å². The van der Waals surface area contributed by atoms with Crippen molar-refractivity contribution in [3.8, 4) is 0 Å². The van der Waals surface area contributed by atoms with E-state index in [9.17, 15) is 9.59 Å². The van der Waals surface area contributed by atoms with Crippen LogP contribution in [0.25, 0.3) is 0 Å². The summed E-state index contributed by atoms with van der Waals surface area (Å²) in [6, 6.07) is 1.61. The number of hydrogen-bond donors (Lipinski definition) is 3. The molecule has 134 valence electrons. The Balaban J connectivity index is 1.50. The van der Waals surface area contributed by atoms with E-state index < -0.39 is 6.10 Å². The molecule has 4 N–H and O–H groups in total. The summed E-state index contributed by atoms with van der Waals surface area (Å²) in [4.78, 5) is 33.5. The lowest BCUT2D eigenvalue weighted by Crippen LogP contribution is -2.55. The predicted octanol–water partition coefficient (Wildman–Crippen LogP) is 0.987. The van der Waals surface area contributed by atoms with E-state index >= 15 is 0 Å². The average molecular weight is 345 g/mol. The Morgan fingerprint density at radius 2 is 2.20 bits per heavy atom. The Morgan fingerprint density at radius 3 is 2.80 bits per heavy atom. The Morgan fingerprint density at radius 1 is 1.40 bits per heavy atom. The molecule has 1 unspecified atom stereocenters. The molecule has 8 heteroatoms. The first-order valence-electron chi connectivity index (χ1n) is 8.47. The molecule has 0 bridgehead atoms. The van der Waals surface area contributed by atoms with Crippen molar-refractivity contribution in [1.82, 2.24) is 15.6 Å². The lowest BCUT2D eigenvalue weighted by atomic mass is 9.74. The number of pyridine rings is 1. The number of carbonyl (C=O) groups is 2. The van der Waals surface area contributed by atoms with E-state index in [0.29, 0.717) is 30.6 Å². The van der Waals surface area contributed by atoms with Crippen molar-refractivity contribution < 1.29 is 14.4 Å². The fourth-order valence-electron chi connectivity index (χ4n) is 3.11. The maximum atomic E-state index is 12.4. The molecule has 25 heavy (non-hydrogen) atoms. The Hall–Kier alpha value is -2.64. The van der Waals surface area contributed by atoms with Crippen LogP contribution in [0.1, 0.15) is 49.4 Å². The number of anilines is 1. The van der Waals surface area contributed by atoms with Gasteiger partial charge in [0.25, 0.3) is 11.8 Å². The third-order valence-corrected chi connectivity index (χ3v) is 4.72. The summed E-state index contributed by atoms with van der Waals surface area (Å²) in [6.45, 7) is 2.31. The van der Waals surface area contributed by atoms with Crippen LogP contribution in [0.2, 0.25) is 0 Å². The van der Waals surface area contributed by atoms with Crippen LogP contribution < -0.4 is 16.4 Å². The average Bonchev–Trinajstić information content (AvgIpc) is 2.98. The standard InChI is InChI=1S/C17H23N5O3/c1-11-7-14(25-22-11)16(24)20-6-5-17(3-2-4-17)21-15(23)12-8-13(18)10-19-9-12/h8-10,14H,2-7,18H2,1H3,(H,20,24)(H,21,23). The molecule has 1 saturated carbocycles. The molecule has 1 aromatic heterocycles. The molecule has 3 rings (SSSR count). The minimum Gasteiger partial charge on any atom is -0.397 e. The molecule has 1 aliphatic heterocycles. The molecule has 2 aliphatic rings. The molecular weight excluding hydrogens is 322 g/mol. The second kappa shape index (κ2) is 7.08.